The minimum absolute atomic E-state index is 0.708. The van der Waals surface area contributed by atoms with Crippen molar-refractivity contribution in [3.8, 4) is 11.5 Å². The van der Waals surface area contributed by atoms with Gasteiger partial charge in [0.2, 0.25) is 0 Å². The van der Waals surface area contributed by atoms with Crippen LogP contribution in [0.25, 0.3) is 21.5 Å². The molecule has 0 aliphatic heterocycles. The Labute approximate surface area is 164 Å². The lowest BCUT2D eigenvalue weighted by Gasteiger charge is -2.19. The fourth-order valence-electron chi connectivity index (χ4n) is 3.13. The van der Waals surface area contributed by atoms with E-state index in [-0.39, 0.29) is 0 Å². The van der Waals surface area contributed by atoms with Gasteiger partial charge in [0, 0.05) is 33.1 Å². The molecule has 0 radical (unpaired) electrons. The zero-order valence-corrected chi connectivity index (χ0v) is 17.6. The zero-order valence-electron chi connectivity index (χ0n) is 15.9. The molecule has 138 valence electrons. The Balaban J connectivity index is 2.26. The van der Waals surface area contributed by atoms with Crippen LogP contribution in [0.2, 0.25) is 0 Å². The minimum atomic E-state index is 0.708. The maximum atomic E-state index is 6.27. The van der Waals surface area contributed by atoms with Crippen LogP contribution in [-0.4, -0.2) is 37.2 Å². The van der Waals surface area contributed by atoms with E-state index in [0.717, 1.165) is 44.5 Å². The molecule has 26 heavy (non-hydrogen) atoms. The summed E-state index contributed by atoms with van der Waals surface area (Å²) in [5.74, 6) is 3.91. The van der Waals surface area contributed by atoms with E-state index < -0.39 is 0 Å². The normalized spacial score (nSPS) is 11.2. The third-order valence-electron chi connectivity index (χ3n) is 4.61. The summed E-state index contributed by atoms with van der Waals surface area (Å²) in [6.45, 7) is 5.73. The molecule has 0 aromatic heterocycles. The average Bonchev–Trinajstić information content (AvgIpc) is 2.65. The van der Waals surface area contributed by atoms with E-state index in [1.165, 1.54) is 11.1 Å². The highest BCUT2D eigenvalue weighted by molar-refractivity contribution is 7.98. The van der Waals surface area contributed by atoms with Gasteiger partial charge in [-0.15, -0.1) is 0 Å². The van der Waals surface area contributed by atoms with Crippen LogP contribution in [0.1, 0.15) is 11.1 Å². The summed E-state index contributed by atoms with van der Waals surface area (Å²) in [5.41, 5.74) is 2.55. The van der Waals surface area contributed by atoms with Gasteiger partial charge in [0.1, 0.15) is 11.5 Å². The van der Waals surface area contributed by atoms with Gasteiger partial charge in [-0.1, -0.05) is 24.3 Å². The highest BCUT2D eigenvalue weighted by atomic mass is 32.2. The first-order valence-corrected chi connectivity index (χ1v) is 11.6. The number of aryl methyl sites for hydroxylation is 2. The number of ether oxygens (including phenoxy) is 2. The largest absolute Gasteiger partial charge is 0.491 e. The van der Waals surface area contributed by atoms with E-state index in [2.05, 4.69) is 62.8 Å². The zero-order chi connectivity index (χ0) is 18.5. The van der Waals surface area contributed by atoms with Crippen molar-refractivity contribution in [3.63, 3.8) is 0 Å². The molecule has 3 aromatic rings. The van der Waals surface area contributed by atoms with Gasteiger partial charge < -0.3 is 9.47 Å². The summed E-state index contributed by atoms with van der Waals surface area (Å²) in [4.78, 5) is 0. The molecule has 0 saturated heterocycles. The molecule has 4 heteroatoms. The van der Waals surface area contributed by atoms with Gasteiger partial charge in [0.05, 0.1) is 13.2 Å². The Hall–Kier alpha value is -1.52. The van der Waals surface area contributed by atoms with Crippen molar-refractivity contribution >= 4 is 45.1 Å². The Morgan fingerprint density at radius 1 is 0.692 bits per heavy atom. The molecule has 0 aliphatic carbocycles. The Bertz CT molecular complexity index is 832. The first-order valence-electron chi connectivity index (χ1n) is 8.86. The molecule has 2 nitrogen and oxygen atoms in total. The van der Waals surface area contributed by atoms with Gasteiger partial charge in [-0.3, -0.25) is 0 Å². The molecule has 0 bridgehead atoms. The summed E-state index contributed by atoms with van der Waals surface area (Å²) >= 11 is 3.60. The number of hydrogen-bond donors (Lipinski definition) is 0. The summed E-state index contributed by atoms with van der Waals surface area (Å²) in [6, 6.07) is 12.9. The first-order chi connectivity index (χ1) is 12.7. The molecular formula is C22H26O2S2. The van der Waals surface area contributed by atoms with E-state index in [1.54, 1.807) is 23.5 Å². The fourth-order valence-corrected chi connectivity index (χ4v) is 3.63. The minimum Gasteiger partial charge on any atom is -0.491 e. The van der Waals surface area contributed by atoms with Gasteiger partial charge >= 0.3 is 0 Å². The van der Waals surface area contributed by atoms with Gasteiger partial charge in [-0.2, -0.15) is 23.5 Å². The van der Waals surface area contributed by atoms with Crippen molar-refractivity contribution < 1.29 is 9.47 Å². The molecule has 0 saturated carbocycles. The van der Waals surface area contributed by atoms with Crippen molar-refractivity contribution in [2.24, 2.45) is 0 Å². The summed E-state index contributed by atoms with van der Waals surface area (Å²) < 4.78 is 12.5. The number of hydrogen-bond acceptors (Lipinski definition) is 4. The van der Waals surface area contributed by atoms with Crippen LogP contribution in [0, 0.1) is 13.8 Å². The predicted octanol–water partition coefficient (Wildman–Crippen LogP) is 6.09. The molecule has 0 aliphatic rings. The summed E-state index contributed by atoms with van der Waals surface area (Å²) in [7, 11) is 0. The van der Waals surface area contributed by atoms with Crippen LogP contribution in [-0.2, 0) is 0 Å². The maximum Gasteiger partial charge on any atom is 0.135 e. The Kier molecular flexibility index (Phi) is 6.60. The molecule has 3 rings (SSSR count). The number of thioether (sulfide) groups is 2. The molecule has 0 fully saturated rings. The van der Waals surface area contributed by atoms with Gasteiger partial charge in [-0.05, 0) is 49.6 Å². The SMILES string of the molecule is CSCCOc1c2ccccc2c(OCCSC)c2cc(C)c(C)cc12. The number of rotatable bonds is 8. The lowest BCUT2D eigenvalue weighted by Crippen LogP contribution is -2.04. The lowest BCUT2D eigenvalue weighted by molar-refractivity contribution is 0.346. The second kappa shape index (κ2) is 8.92. The second-order valence-corrected chi connectivity index (χ2v) is 8.34. The third-order valence-corrected chi connectivity index (χ3v) is 5.76. The molecule has 0 N–H and O–H groups in total. The average molecular weight is 387 g/mol. The summed E-state index contributed by atoms with van der Waals surface area (Å²) in [6.07, 6.45) is 4.21. The third kappa shape index (κ3) is 3.91. The molecule has 0 unspecified atom stereocenters. The molecule has 0 heterocycles. The van der Waals surface area contributed by atoms with Crippen molar-refractivity contribution in [3.05, 3.63) is 47.5 Å². The highest BCUT2D eigenvalue weighted by Crippen LogP contribution is 2.43. The smallest absolute Gasteiger partial charge is 0.135 e. The molecule has 0 atom stereocenters. The van der Waals surface area contributed by atoms with E-state index in [0.29, 0.717) is 13.2 Å². The highest BCUT2D eigenvalue weighted by Gasteiger charge is 2.17. The van der Waals surface area contributed by atoms with E-state index >= 15 is 0 Å². The van der Waals surface area contributed by atoms with Crippen LogP contribution in [0.15, 0.2) is 36.4 Å². The second-order valence-electron chi connectivity index (χ2n) is 6.37. The molecule has 0 spiro atoms. The summed E-state index contributed by atoms with van der Waals surface area (Å²) in [5, 5.41) is 4.55. The van der Waals surface area contributed by atoms with Crippen molar-refractivity contribution in [2.45, 2.75) is 13.8 Å². The molecular weight excluding hydrogens is 360 g/mol. The quantitative estimate of drug-likeness (QED) is 0.344. The van der Waals surface area contributed by atoms with Crippen LogP contribution >= 0.6 is 23.5 Å². The lowest BCUT2D eigenvalue weighted by atomic mass is 9.96. The van der Waals surface area contributed by atoms with Crippen LogP contribution in [0.5, 0.6) is 11.5 Å². The van der Waals surface area contributed by atoms with Crippen LogP contribution < -0.4 is 9.47 Å². The standard InChI is InChI=1S/C22H26O2S2/c1-15-13-19-20(14-16(15)2)22(24-10-12-26-4)18-8-6-5-7-17(18)21(19)23-9-11-25-3/h5-8,13-14H,9-12H2,1-4H3. The first kappa shape index (κ1) is 19.2. The van der Waals surface area contributed by atoms with Gasteiger partial charge in [-0.25, -0.2) is 0 Å². The van der Waals surface area contributed by atoms with E-state index in [4.69, 9.17) is 9.47 Å². The number of fused-ring (bicyclic) bond motifs is 2. The van der Waals surface area contributed by atoms with E-state index in [9.17, 15) is 0 Å². The van der Waals surface area contributed by atoms with Crippen LogP contribution in [0.4, 0.5) is 0 Å². The number of benzene rings is 3. The van der Waals surface area contributed by atoms with Crippen molar-refractivity contribution in [1.29, 1.82) is 0 Å². The Morgan fingerprint density at radius 3 is 1.50 bits per heavy atom. The monoisotopic (exact) mass is 386 g/mol. The van der Waals surface area contributed by atoms with Crippen LogP contribution in [0.3, 0.4) is 0 Å². The topological polar surface area (TPSA) is 18.5 Å². The van der Waals surface area contributed by atoms with Crippen molar-refractivity contribution in [1.82, 2.24) is 0 Å². The van der Waals surface area contributed by atoms with E-state index in [1.807, 2.05) is 0 Å². The Morgan fingerprint density at radius 2 is 1.12 bits per heavy atom. The van der Waals surface area contributed by atoms with Crippen molar-refractivity contribution in [2.75, 3.05) is 37.2 Å². The molecule has 0 amide bonds. The molecule has 3 aromatic carbocycles. The fraction of sp³-hybridized carbons (Fsp3) is 0.364. The maximum absolute atomic E-state index is 6.27. The van der Waals surface area contributed by atoms with Gasteiger partial charge in [0.25, 0.3) is 0 Å². The van der Waals surface area contributed by atoms with Gasteiger partial charge in [0.15, 0.2) is 0 Å². The predicted molar refractivity (Wildman–Crippen MR) is 119 cm³/mol.